The molecule has 0 spiro atoms. The van der Waals surface area contributed by atoms with E-state index >= 15 is 0 Å². The normalized spacial score (nSPS) is 12.7. The Hall–Kier alpha value is -2.73. The molecule has 0 fully saturated rings. The summed E-state index contributed by atoms with van der Waals surface area (Å²) in [5.74, 6) is 0.357. The van der Waals surface area contributed by atoms with E-state index in [-0.39, 0.29) is 12.5 Å². The maximum atomic E-state index is 12.0. The standard InChI is InChI=1S/C17H21N3O3/c1-5-22-15-8-13(9-18)6-7-14(15)23-10-16(21)20-17(4,11-19)12(2)3/h6-8,12H,5,10H2,1-4H3,(H,20,21)/t17-/m0/s1. The molecule has 1 N–H and O–H groups in total. The van der Waals surface area contributed by atoms with Gasteiger partial charge in [0.15, 0.2) is 18.1 Å². The summed E-state index contributed by atoms with van der Waals surface area (Å²) in [4.78, 5) is 12.0. The van der Waals surface area contributed by atoms with Crippen molar-refractivity contribution in [3.63, 3.8) is 0 Å². The fourth-order valence-corrected chi connectivity index (χ4v) is 1.74. The Labute approximate surface area is 136 Å². The number of nitriles is 2. The number of nitrogens with zero attached hydrogens (tertiary/aromatic N) is 2. The largest absolute Gasteiger partial charge is 0.490 e. The molecule has 6 heteroatoms. The predicted octanol–water partition coefficient (Wildman–Crippen LogP) is 2.39. The molecule has 1 atom stereocenters. The van der Waals surface area contributed by atoms with E-state index in [9.17, 15) is 10.1 Å². The number of hydrogen-bond acceptors (Lipinski definition) is 5. The fourth-order valence-electron chi connectivity index (χ4n) is 1.74. The summed E-state index contributed by atoms with van der Waals surface area (Å²) >= 11 is 0. The molecule has 6 nitrogen and oxygen atoms in total. The van der Waals surface area contributed by atoms with Crippen molar-refractivity contribution >= 4 is 5.91 Å². The lowest BCUT2D eigenvalue weighted by molar-refractivity contribution is -0.124. The van der Waals surface area contributed by atoms with Crippen LogP contribution in [0.4, 0.5) is 0 Å². The average molecular weight is 315 g/mol. The first-order valence-electron chi connectivity index (χ1n) is 7.38. The minimum absolute atomic E-state index is 0.0367. The van der Waals surface area contributed by atoms with Gasteiger partial charge in [-0.25, -0.2) is 0 Å². The molecule has 0 unspecified atom stereocenters. The van der Waals surface area contributed by atoms with Gasteiger partial charge in [-0.1, -0.05) is 13.8 Å². The van der Waals surface area contributed by atoms with E-state index in [1.165, 1.54) is 0 Å². The lowest BCUT2D eigenvalue weighted by Crippen LogP contribution is -2.50. The number of ether oxygens (including phenoxy) is 2. The summed E-state index contributed by atoms with van der Waals surface area (Å²) in [6, 6.07) is 8.86. The summed E-state index contributed by atoms with van der Waals surface area (Å²) in [7, 11) is 0. The van der Waals surface area contributed by atoms with E-state index in [1.807, 2.05) is 26.8 Å². The van der Waals surface area contributed by atoms with Gasteiger partial charge in [0.05, 0.1) is 24.3 Å². The van der Waals surface area contributed by atoms with Crippen LogP contribution < -0.4 is 14.8 Å². The summed E-state index contributed by atoms with van der Waals surface area (Å²) in [5, 5.41) is 20.8. The van der Waals surface area contributed by atoms with Crippen molar-refractivity contribution in [2.45, 2.75) is 33.2 Å². The van der Waals surface area contributed by atoms with E-state index in [0.29, 0.717) is 23.7 Å². The van der Waals surface area contributed by atoms with Gasteiger partial charge in [-0.3, -0.25) is 4.79 Å². The second-order valence-corrected chi connectivity index (χ2v) is 5.51. The predicted molar refractivity (Wildman–Crippen MR) is 84.8 cm³/mol. The van der Waals surface area contributed by atoms with Gasteiger partial charge in [0.2, 0.25) is 0 Å². The molecule has 0 saturated carbocycles. The molecule has 1 rings (SSSR count). The zero-order chi connectivity index (χ0) is 17.5. The number of rotatable bonds is 7. The van der Waals surface area contributed by atoms with E-state index < -0.39 is 11.4 Å². The van der Waals surface area contributed by atoms with Crippen LogP contribution in [-0.4, -0.2) is 24.7 Å². The van der Waals surface area contributed by atoms with Crippen molar-refractivity contribution in [1.82, 2.24) is 5.32 Å². The van der Waals surface area contributed by atoms with Crippen LogP contribution in [0.5, 0.6) is 11.5 Å². The summed E-state index contributed by atoms with van der Waals surface area (Å²) < 4.78 is 10.9. The molecule has 1 aromatic rings. The minimum Gasteiger partial charge on any atom is -0.490 e. The van der Waals surface area contributed by atoms with E-state index in [4.69, 9.17) is 14.7 Å². The molecule has 0 saturated heterocycles. The Morgan fingerprint density at radius 2 is 2.00 bits per heavy atom. The van der Waals surface area contributed by atoms with Crippen molar-refractivity contribution in [3.8, 4) is 23.6 Å². The molecule has 0 aliphatic carbocycles. The van der Waals surface area contributed by atoms with Crippen molar-refractivity contribution in [2.24, 2.45) is 5.92 Å². The lowest BCUT2D eigenvalue weighted by Gasteiger charge is -2.27. The Kier molecular flexibility index (Phi) is 6.41. The number of amides is 1. The average Bonchev–Trinajstić information content (AvgIpc) is 2.53. The molecule has 122 valence electrons. The maximum Gasteiger partial charge on any atom is 0.259 e. The Bertz CT molecular complexity index is 643. The zero-order valence-electron chi connectivity index (χ0n) is 13.8. The van der Waals surface area contributed by atoms with E-state index in [1.54, 1.807) is 25.1 Å². The second-order valence-electron chi connectivity index (χ2n) is 5.51. The number of carbonyl (C=O) groups excluding carboxylic acids is 1. The van der Waals surface area contributed by atoms with Crippen LogP contribution in [0.25, 0.3) is 0 Å². The fraction of sp³-hybridized carbons (Fsp3) is 0.471. The maximum absolute atomic E-state index is 12.0. The van der Waals surface area contributed by atoms with Crippen molar-refractivity contribution in [2.75, 3.05) is 13.2 Å². The van der Waals surface area contributed by atoms with Crippen LogP contribution in [0.2, 0.25) is 0 Å². The van der Waals surface area contributed by atoms with Crippen LogP contribution in [0.15, 0.2) is 18.2 Å². The molecule has 0 aliphatic rings. The van der Waals surface area contributed by atoms with Crippen LogP contribution >= 0.6 is 0 Å². The number of hydrogen-bond donors (Lipinski definition) is 1. The van der Waals surface area contributed by atoms with Crippen molar-refractivity contribution < 1.29 is 14.3 Å². The third kappa shape index (κ3) is 4.89. The highest BCUT2D eigenvalue weighted by atomic mass is 16.5. The smallest absolute Gasteiger partial charge is 0.259 e. The van der Waals surface area contributed by atoms with Gasteiger partial charge in [-0.2, -0.15) is 10.5 Å². The molecule has 0 bridgehead atoms. The van der Waals surface area contributed by atoms with Gasteiger partial charge in [0.1, 0.15) is 5.54 Å². The van der Waals surface area contributed by atoms with Crippen LogP contribution in [-0.2, 0) is 4.79 Å². The van der Waals surface area contributed by atoms with Gasteiger partial charge in [-0.15, -0.1) is 0 Å². The van der Waals surface area contributed by atoms with Crippen molar-refractivity contribution in [1.29, 1.82) is 10.5 Å². The quantitative estimate of drug-likeness (QED) is 0.833. The molecule has 1 aromatic carbocycles. The van der Waals surface area contributed by atoms with Crippen LogP contribution in [0, 0.1) is 28.6 Å². The third-order valence-electron chi connectivity index (χ3n) is 3.52. The van der Waals surface area contributed by atoms with E-state index in [0.717, 1.165) is 0 Å². The monoisotopic (exact) mass is 315 g/mol. The number of benzene rings is 1. The first kappa shape index (κ1) is 18.3. The second kappa shape index (κ2) is 8.05. The molecule has 0 heterocycles. The zero-order valence-corrected chi connectivity index (χ0v) is 13.8. The molecule has 0 aliphatic heterocycles. The summed E-state index contributed by atoms with van der Waals surface area (Å²) in [5.41, 5.74) is -0.504. The van der Waals surface area contributed by atoms with Crippen molar-refractivity contribution in [3.05, 3.63) is 23.8 Å². The van der Waals surface area contributed by atoms with Gasteiger partial charge in [0.25, 0.3) is 5.91 Å². The minimum atomic E-state index is -0.951. The SMILES string of the molecule is CCOc1cc(C#N)ccc1OCC(=O)N[C@@](C)(C#N)C(C)C. The highest BCUT2D eigenvalue weighted by molar-refractivity contribution is 5.79. The molecular weight excluding hydrogens is 294 g/mol. The molecular formula is C17H21N3O3. The van der Waals surface area contributed by atoms with Gasteiger partial charge in [0, 0.05) is 6.07 Å². The first-order valence-corrected chi connectivity index (χ1v) is 7.38. The Morgan fingerprint density at radius 1 is 1.30 bits per heavy atom. The third-order valence-corrected chi connectivity index (χ3v) is 3.52. The Morgan fingerprint density at radius 3 is 2.52 bits per heavy atom. The van der Waals surface area contributed by atoms with Gasteiger partial charge < -0.3 is 14.8 Å². The lowest BCUT2D eigenvalue weighted by atomic mass is 9.90. The highest BCUT2D eigenvalue weighted by Crippen LogP contribution is 2.28. The molecule has 23 heavy (non-hydrogen) atoms. The van der Waals surface area contributed by atoms with E-state index in [2.05, 4.69) is 11.4 Å². The summed E-state index contributed by atoms with van der Waals surface area (Å²) in [6.45, 7) is 7.38. The first-order chi connectivity index (χ1) is 10.9. The van der Waals surface area contributed by atoms with Crippen LogP contribution in [0.1, 0.15) is 33.3 Å². The van der Waals surface area contributed by atoms with Crippen LogP contribution in [0.3, 0.4) is 0 Å². The molecule has 0 radical (unpaired) electrons. The molecule has 1 amide bonds. The number of carbonyl (C=O) groups is 1. The highest BCUT2D eigenvalue weighted by Gasteiger charge is 2.30. The summed E-state index contributed by atoms with van der Waals surface area (Å²) in [6.07, 6.45) is 0. The Balaban J connectivity index is 2.77. The number of nitrogens with one attached hydrogen (secondary N) is 1. The van der Waals surface area contributed by atoms with Gasteiger partial charge >= 0.3 is 0 Å². The van der Waals surface area contributed by atoms with Gasteiger partial charge in [-0.05, 0) is 31.9 Å². The molecule has 0 aromatic heterocycles. The topological polar surface area (TPSA) is 95.1 Å².